The average molecular weight is 446 g/mol. The molecule has 4 heterocycles. The Labute approximate surface area is 180 Å². The van der Waals surface area contributed by atoms with E-state index >= 15 is 0 Å². The molecule has 11 nitrogen and oxygen atoms in total. The lowest BCUT2D eigenvalue weighted by Gasteiger charge is -2.29. The molecular weight excluding hydrogens is 422 g/mol. The molecule has 0 bridgehead atoms. The minimum atomic E-state index is -3.90. The number of aryl methyl sites for hydroxylation is 2. The summed E-state index contributed by atoms with van der Waals surface area (Å²) in [5.74, 6) is 0.903. The summed E-state index contributed by atoms with van der Waals surface area (Å²) in [6, 6.07) is 3.09. The molecule has 164 valence electrons. The van der Waals surface area contributed by atoms with Gasteiger partial charge in [0.25, 0.3) is 10.0 Å². The molecule has 12 heteroatoms. The minimum absolute atomic E-state index is 0.0215. The van der Waals surface area contributed by atoms with Crippen molar-refractivity contribution in [1.82, 2.24) is 24.7 Å². The normalized spacial score (nSPS) is 14.5. The SMILES string of the molecule is COc1ncc(-c2c(C)ncnc2N2CCOCC2)cc1NS(=O)(=O)c1ccnn1C. The highest BCUT2D eigenvalue weighted by Gasteiger charge is 2.24. The first-order chi connectivity index (χ1) is 14.9. The third-order valence-electron chi connectivity index (χ3n) is 4.96. The fourth-order valence-corrected chi connectivity index (χ4v) is 4.64. The molecule has 0 amide bonds. The Morgan fingerprint density at radius 1 is 1.19 bits per heavy atom. The zero-order valence-corrected chi connectivity index (χ0v) is 18.3. The van der Waals surface area contributed by atoms with Crippen molar-refractivity contribution in [2.75, 3.05) is 43.0 Å². The standard InChI is InChI=1S/C19H23N7O4S/c1-13-17(18(22-12-21-13)26-6-8-30-9-7-26)14-10-15(19(29-3)20-11-14)24-31(27,28)16-4-5-23-25(16)2/h4-5,10-12,24H,6-9H2,1-3H3. The number of methoxy groups -OCH3 is 1. The number of morpholine rings is 1. The van der Waals surface area contributed by atoms with Crippen LogP contribution in [0.1, 0.15) is 5.69 Å². The zero-order valence-electron chi connectivity index (χ0n) is 17.4. The summed E-state index contributed by atoms with van der Waals surface area (Å²) in [5.41, 5.74) is 2.41. The number of nitrogens with zero attached hydrogens (tertiary/aromatic N) is 6. The highest BCUT2D eigenvalue weighted by Crippen LogP contribution is 2.35. The van der Waals surface area contributed by atoms with Crippen molar-refractivity contribution in [2.24, 2.45) is 7.05 Å². The summed E-state index contributed by atoms with van der Waals surface area (Å²) in [5, 5.41) is 3.95. The number of pyridine rings is 1. The number of hydrogen-bond donors (Lipinski definition) is 1. The van der Waals surface area contributed by atoms with Crippen molar-refractivity contribution in [1.29, 1.82) is 0 Å². The van der Waals surface area contributed by atoms with Gasteiger partial charge in [-0.15, -0.1) is 0 Å². The molecule has 0 radical (unpaired) electrons. The molecule has 1 fully saturated rings. The van der Waals surface area contributed by atoms with Crippen LogP contribution in [0, 0.1) is 6.92 Å². The van der Waals surface area contributed by atoms with Gasteiger partial charge in [0.15, 0.2) is 5.03 Å². The molecule has 3 aromatic rings. The largest absolute Gasteiger partial charge is 0.480 e. The van der Waals surface area contributed by atoms with E-state index in [1.165, 1.54) is 30.4 Å². The Balaban J connectivity index is 1.78. The highest BCUT2D eigenvalue weighted by molar-refractivity contribution is 7.92. The van der Waals surface area contributed by atoms with Gasteiger partial charge in [0.05, 0.1) is 32.2 Å². The first-order valence-corrected chi connectivity index (χ1v) is 11.1. The van der Waals surface area contributed by atoms with Crippen LogP contribution in [0.5, 0.6) is 5.88 Å². The van der Waals surface area contributed by atoms with Crippen LogP contribution in [-0.2, 0) is 21.8 Å². The molecule has 1 aliphatic heterocycles. The van der Waals surface area contributed by atoms with Crippen LogP contribution in [0.15, 0.2) is 35.9 Å². The second kappa shape index (κ2) is 8.47. The first-order valence-electron chi connectivity index (χ1n) is 9.60. The molecule has 0 aromatic carbocycles. The highest BCUT2D eigenvalue weighted by atomic mass is 32.2. The lowest BCUT2D eigenvalue weighted by molar-refractivity contribution is 0.122. The molecule has 0 spiro atoms. The van der Waals surface area contributed by atoms with Crippen molar-refractivity contribution >= 4 is 21.5 Å². The van der Waals surface area contributed by atoms with E-state index in [9.17, 15) is 8.42 Å². The van der Waals surface area contributed by atoms with Crippen molar-refractivity contribution in [3.63, 3.8) is 0 Å². The monoisotopic (exact) mass is 445 g/mol. The summed E-state index contributed by atoms with van der Waals surface area (Å²) >= 11 is 0. The quantitative estimate of drug-likeness (QED) is 0.596. The Hall–Kier alpha value is -3.25. The van der Waals surface area contributed by atoms with Crippen LogP contribution >= 0.6 is 0 Å². The van der Waals surface area contributed by atoms with Crippen LogP contribution < -0.4 is 14.4 Å². The van der Waals surface area contributed by atoms with Crippen LogP contribution in [0.2, 0.25) is 0 Å². The topological polar surface area (TPSA) is 124 Å². The predicted octanol–water partition coefficient (Wildman–Crippen LogP) is 1.23. The molecule has 31 heavy (non-hydrogen) atoms. The lowest BCUT2D eigenvalue weighted by Crippen LogP contribution is -2.37. The number of ether oxygens (including phenoxy) is 2. The predicted molar refractivity (Wildman–Crippen MR) is 114 cm³/mol. The summed E-state index contributed by atoms with van der Waals surface area (Å²) in [7, 11) is -0.915. The van der Waals surface area contributed by atoms with Gasteiger partial charge in [-0.2, -0.15) is 13.5 Å². The number of hydrogen-bond acceptors (Lipinski definition) is 9. The summed E-state index contributed by atoms with van der Waals surface area (Å²) in [6.45, 7) is 4.50. The van der Waals surface area contributed by atoms with Gasteiger partial charge >= 0.3 is 0 Å². The van der Waals surface area contributed by atoms with Crippen LogP contribution in [-0.4, -0.2) is 66.6 Å². The fourth-order valence-electron chi connectivity index (χ4n) is 3.46. The van der Waals surface area contributed by atoms with E-state index < -0.39 is 10.0 Å². The van der Waals surface area contributed by atoms with Gasteiger partial charge in [0.2, 0.25) is 5.88 Å². The van der Waals surface area contributed by atoms with E-state index in [4.69, 9.17) is 9.47 Å². The molecule has 4 rings (SSSR count). The summed E-state index contributed by atoms with van der Waals surface area (Å²) in [6.07, 6.45) is 4.56. The van der Waals surface area contributed by atoms with Crippen molar-refractivity contribution in [3.05, 3.63) is 36.5 Å². The third-order valence-corrected chi connectivity index (χ3v) is 6.40. The molecule has 3 aromatic heterocycles. The average Bonchev–Trinajstić information content (AvgIpc) is 3.21. The maximum absolute atomic E-state index is 12.9. The molecule has 1 saturated heterocycles. The molecule has 0 aliphatic carbocycles. The van der Waals surface area contributed by atoms with Crippen LogP contribution in [0.3, 0.4) is 0 Å². The van der Waals surface area contributed by atoms with E-state index in [0.717, 1.165) is 17.1 Å². The third kappa shape index (κ3) is 4.16. The number of anilines is 2. The van der Waals surface area contributed by atoms with Crippen LogP contribution in [0.4, 0.5) is 11.5 Å². The van der Waals surface area contributed by atoms with Crippen molar-refractivity contribution in [2.45, 2.75) is 11.9 Å². The summed E-state index contributed by atoms with van der Waals surface area (Å²) in [4.78, 5) is 15.3. The Morgan fingerprint density at radius 3 is 2.65 bits per heavy atom. The van der Waals surface area contributed by atoms with Crippen molar-refractivity contribution < 1.29 is 17.9 Å². The van der Waals surface area contributed by atoms with Crippen molar-refractivity contribution in [3.8, 4) is 17.0 Å². The van der Waals surface area contributed by atoms with Crippen LogP contribution in [0.25, 0.3) is 11.1 Å². The van der Waals surface area contributed by atoms with Gasteiger partial charge in [-0.1, -0.05) is 0 Å². The number of aromatic nitrogens is 5. The van der Waals surface area contributed by atoms with Gasteiger partial charge in [0.1, 0.15) is 17.8 Å². The molecule has 0 saturated carbocycles. The second-order valence-corrected chi connectivity index (χ2v) is 8.57. The maximum Gasteiger partial charge on any atom is 0.279 e. The van der Waals surface area contributed by atoms with Gasteiger partial charge in [0, 0.05) is 37.5 Å². The molecule has 1 aliphatic rings. The first kappa shape index (κ1) is 21.0. The lowest BCUT2D eigenvalue weighted by atomic mass is 10.1. The Morgan fingerprint density at radius 2 is 1.97 bits per heavy atom. The van der Waals surface area contributed by atoms with E-state index in [0.29, 0.717) is 31.9 Å². The Kier molecular flexibility index (Phi) is 5.74. The smallest absolute Gasteiger partial charge is 0.279 e. The second-order valence-electron chi connectivity index (χ2n) is 6.94. The van der Waals surface area contributed by atoms with Gasteiger partial charge in [-0.05, 0) is 19.1 Å². The zero-order chi connectivity index (χ0) is 22.0. The van der Waals surface area contributed by atoms with Gasteiger partial charge < -0.3 is 14.4 Å². The molecular formula is C19H23N7O4S. The van der Waals surface area contributed by atoms with E-state index in [1.54, 1.807) is 19.3 Å². The molecule has 1 N–H and O–H groups in total. The number of rotatable bonds is 6. The summed E-state index contributed by atoms with van der Waals surface area (Å²) < 4.78 is 40.3. The fraction of sp³-hybridized carbons (Fsp3) is 0.368. The van der Waals surface area contributed by atoms with E-state index in [-0.39, 0.29) is 16.6 Å². The number of sulfonamides is 1. The molecule has 0 unspecified atom stereocenters. The Bertz CT molecular complexity index is 1190. The minimum Gasteiger partial charge on any atom is -0.480 e. The van der Waals surface area contributed by atoms with E-state index in [2.05, 4.69) is 29.7 Å². The molecule has 0 atom stereocenters. The van der Waals surface area contributed by atoms with E-state index in [1.807, 2.05) is 6.92 Å². The van der Waals surface area contributed by atoms with Gasteiger partial charge in [-0.25, -0.2) is 15.0 Å². The maximum atomic E-state index is 12.9. The number of nitrogens with one attached hydrogen (secondary N) is 1. The van der Waals surface area contributed by atoms with Gasteiger partial charge in [-0.3, -0.25) is 9.40 Å².